The van der Waals surface area contributed by atoms with Crippen molar-refractivity contribution in [2.45, 2.75) is 33.1 Å². The van der Waals surface area contributed by atoms with Gasteiger partial charge in [0.05, 0.1) is 5.56 Å². The van der Waals surface area contributed by atoms with Crippen molar-refractivity contribution in [2.75, 3.05) is 0 Å². The van der Waals surface area contributed by atoms with E-state index in [2.05, 4.69) is 70.2 Å². The Morgan fingerprint density at radius 2 is 1.58 bits per heavy atom. The van der Waals surface area contributed by atoms with Gasteiger partial charge in [0.1, 0.15) is 23.3 Å². The Bertz CT molecular complexity index is 1660. The largest absolute Gasteiger partial charge is 0.464 e. The van der Waals surface area contributed by atoms with Crippen LogP contribution in [0.25, 0.3) is 55.3 Å². The predicted molar refractivity (Wildman–Crippen MR) is 136 cm³/mol. The van der Waals surface area contributed by atoms with Crippen LogP contribution in [-0.2, 0) is 5.41 Å². The Labute approximate surface area is 192 Å². The summed E-state index contributed by atoms with van der Waals surface area (Å²) >= 11 is 0. The highest BCUT2D eigenvalue weighted by Gasteiger charge is 2.22. The molecule has 162 valence electrons. The van der Waals surface area contributed by atoms with Gasteiger partial charge in [-0.1, -0.05) is 63.2 Å². The molecular weight excluding hydrogens is 406 g/mol. The van der Waals surface area contributed by atoms with Crippen LogP contribution < -0.4 is 0 Å². The number of aryl methyl sites for hydroxylation is 1. The fraction of sp³-hybridized carbons (Fsp3) is 0.167. The van der Waals surface area contributed by atoms with Gasteiger partial charge in [-0.15, -0.1) is 0 Å². The molecule has 33 heavy (non-hydrogen) atoms. The molecule has 0 amide bonds. The fourth-order valence-electron chi connectivity index (χ4n) is 4.83. The van der Waals surface area contributed by atoms with Crippen LogP contribution in [0.4, 0.5) is 0 Å². The Hall–Kier alpha value is -3.85. The SMILES string of the molecule is Cc1c(-c2coc3ccccc23)oc2c(-c3cc(C(C)(C)C)c4ccccc4c3)nccc12. The molecule has 3 nitrogen and oxygen atoms in total. The van der Waals surface area contributed by atoms with E-state index >= 15 is 0 Å². The smallest absolute Gasteiger partial charge is 0.161 e. The average molecular weight is 432 g/mol. The fourth-order valence-corrected chi connectivity index (χ4v) is 4.83. The van der Waals surface area contributed by atoms with E-state index in [1.54, 1.807) is 6.26 Å². The van der Waals surface area contributed by atoms with Crippen molar-refractivity contribution in [3.8, 4) is 22.6 Å². The number of pyridine rings is 1. The highest BCUT2D eigenvalue weighted by molar-refractivity contribution is 6.01. The van der Waals surface area contributed by atoms with Crippen LogP contribution in [0, 0.1) is 6.92 Å². The van der Waals surface area contributed by atoms with E-state index in [1.807, 2.05) is 30.5 Å². The lowest BCUT2D eigenvalue weighted by Gasteiger charge is -2.22. The number of hydrogen-bond donors (Lipinski definition) is 0. The van der Waals surface area contributed by atoms with E-state index in [0.717, 1.165) is 50.1 Å². The third-order valence-electron chi connectivity index (χ3n) is 6.52. The van der Waals surface area contributed by atoms with E-state index in [9.17, 15) is 0 Å². The number of hydrogen-bond acceptors (Lipinski definition) is 3. The summed E-state index contributed by atoms with van der Waals surface area (Å²) in [5, 5.41) is 4.62. The molecule has 0 aliphatic carbocycles. The van der Waals surface area contributed by atoms with E-state index in [1.165, 1.54) is 16.3 Å². The number of para-hydroxylation sites is 1. The molecule has 0 unspecified atom stereocenters. The summed E-state index contributed by atoms with van der Waals surface area (Å²) in [6.07, 6.45) is 3.67. The zero-order chi connectivity index (χ0) is 22.7. The molecule has 0 fully saturated rings. The quantitative estimate of drug-likeness (QED) is 0.275. The minimum Gasteiger partial charge on any atom is -0.464 e. The first kappa shape index (κ1) is 19.8. The van der Waals surface area contributed by atoms with Crippen molar-refractivity contribution in [3.63, 3.8) is 0 Å². The summed E-state index contributed by atoms with van der Waals surface area (Å²) in [5.41, 5.74) is 6.98. The van der Waals surface area contributed by atoms with E-state index in [4.69, 9.17) is 13.8 Å². The molecule has 0 spiro atoms. The van der Waals surface area contributed by atoms with Gasteiger partial charge in [0.15, 0.2) is 5.58 Å². The molecule has 6 aromatic rings. The molecule has 0 N–H and O–H groups in total. The van der Waals surface area contributed by atoms with Crippen LogP contribution in [0.5, 0.6) is 0 Å². The molecule has 3 heterocycles. The maximum absolute atomic E-state index is 6.55. The van der Waals surface area contributed by atoms with Gasteiger partial charge in [-0.3, -0.25) is 4.98 Å². The highest BCUT2D eigenvalue weighted by Crippen LogP contribution is 2.41. The lowest BCUT2D eigenvalue weighted by atomic mass is 9.82. The molecule has 0 bridgehead atoms. The minimum atomic E-state index is 0.00343. The number of rotatable bonds is 2. The van der Waals surface area contributed by atoms with Crippen LogP contribution in [0.15, 0.2) is 88.0 Å². The van der Waals surface area contributed by atoms with Crippen molar-refractivity contribution < 1.29 is 8.83 Å². The molecule has 3 aromatic carbocycles. The molecule has 0 atom stereocenters. The van der Waals surface area contributed by atoms with Gasteiger partial charge in [-0.2, -0.15) is 0 Å². The average Bonchev–Trinajstić information content (AvgIpc) is 3.38. The Morgan fingerprint density at radius 3 is 2.39 bits per heavy atom. The second-order valence-electron chi connectivity index (χ2n) is 9.73. The maximum Gasteiger partial charge on any atom is 0.161 e. The lowest BCUT2D eigenvalue weighted by Crippen LogP contribution is -2.12. The number of benzene rings is 3. The van der Waals surface area contributed by atoms with Gasteiger partial charge >= 0.3 is 0 Å². The lowest BCUT2D eigenvalue weighted by molar-refractivity contribution is 0.596. The van der Waals surface area contributed by atoms with Gasteiger partial charge in [0.2, 0.25) is 0 Å². The first-order chi connectivity index (χ1) is 15.9. The summed E-state index contributed by atoms with van der Waals surface area (Å²) in [6.45, 7) is 8.87. The van der Waals surface area contributed by atoms with E-state index in [0.29, 0.717) is 0 Å². The van der Waals surface area contributed by atoms with Crippen molar-refractivity contribution in [1.29, 1.82) is 0 Å². The van der Waals surface area contributed by atoms with Crippen molar-refractivity contribution in [3.05, 3.63) is 90.3 Å². The first-order valence-electron chi connectivity index (χ1n) is 11.3. The van der Waals surface area contributed by atoms with Crippen LogP contribution in [0.1, 0.15) is 31.9 Å². The van der Waals surface area contributed by atoms with Crippen molar-refractivity contribution in [1.82, 2.24) is 4.98 Å². The third kappa shape index (κ3) is 3.07. The van der Waals surface area contributed by atoms with Gasteiger partial charge in [0.25, 0.3) is 0 Å². The zero-order valence-electron chi connectivity index (χ0n) is 19.3. The number of nitrogens with zero attached hydrogens (tertiary/aromatic N) is 1. The monoisotopic (exact) mass is 431 g/mol. The van der Waals surface area contributed by atoms with Crippen molar-refractivity contribution >= 4 is 32.7 Å². The molecule has 6 rings (SSSR count). The van der Waals surface area contributed by atoms with Crippen LogP contribution in [-0.4, -0.2) is 4.98 Å². The van der Waals surface area contributed by atoms with Gasteiger partial charge in [-0.05, 0) is 52.9 Å². The van der Waals surface area contributed by atoms with Crippen LogP contribution in [0.3, 0.4) is 0 Å². The van der Waals surface area contributed by atoms with E-state index < -0.39 is 0 Å². The summed E-state index contributed by atoms with van der Waals surface area (Å²) < 4.78 is 12.3. The van der Waals surface area contributed by atoms with E-state index in [-0.39, 0.29) is 5.41 Å². The topological polar surface area (TPSA) is 39.2 Å². The Kier molecular flexibility index (Phi) is 4.25. The molecular formula is C30H25NO2. The highest BCUT2D eigenvalue weighted by atomic mass is 16.3. The first-order valence-corrected chi connectivity index (χ1v) is 11.3. The normalized spacial score (nSPS) is 12.2. The molecule has 0 saturated carbocycles. The number of furan rings is 2. The third-order valence-corrected chi connectivity index (χ3v) is 6.52. The summed E-state index contributed by atoms with van der Waals surface area (Å²) in [7, 11) is 0. The zero-order valence-corrected chi connectivity index (χ0v) is 19.3. The van der Waals surface area contributed by atoms with Gasteiger partial charge in [0, 0.05) is 28.1 Å². The molecule has 0 saturated heterocycles. The summed E-state index contributed by atoms with van der Waals surface area (Å²) in [6, 6.07) is 23.1. The second-order valence-corrected chi connectivity index (χ2v) is 9.73. The predicted octanol–water partition coefficient (Wildman–Crippen LogP) is 8.67. The minimum absolute atomic E-state index is 0.00343. The number of aromatic nitrogens is 1. The molecule has 0 radical (unpaired) electrons. The maximum atomic E-state index is 6.55. The molecule has 3 aromatic heterocycles. The molecule has 0 aliphatic rings. The van der Waals surface area contributed by atoms with Crippen LogP contribution >= 0.6 is 0 Å². The van der Waals surface area contributed by atoms with Gasteiger partial charge in [-0.25, -0.2) is 0 Å². The van der Waals surface area contributed by atoms with Crippen LogP contribution in [0.2, 0.25) is 0 Å². The van der Waals surface area contributed by atoms with Crippen molar-refractivity contribution in [2.24, 2.45) is 0 Å². The molecule has 3 heteroatoms. The Balaban J connectivity index is 1.62. The summed E-state index contributed by atoms with van der Waals surface area (Å²) in [4.78, 5) is 4.79. The van der Waals surface area contributed by atoms with Gasteiger partial charge < -0.3 is 8.83 Å². The molecule has 0 aliphatic heterocycles. The Morgan fingerprint density at radius 1 is 0.818 bits per heavy atom. The standard InChI is InChI=1S/C30H25NO2/c1-18-21-13-14-31-27(20-15-19-9-5-6-10-22(19)25(16-20)30(2,3)4)29(21)33-28(18)24-17-32-26-12-8-7-11-23(24)26/h5-17H,1-4H3. The second kappa shape index (κ2) is 7.08. The number of fused-ring (bicyclic) bond motifs is 3. The summed E-state index contributed by atoms with van der Waals surface area (Å²) in [5.74, 6) is 0.834.